The molecule has 2 atom stereocenters. The van der Waals surface area contributed by atoms with Crippen LogP contribution in [0.4, 0.5) is 11.4 Å². The van der Waals surface area contributed by atoms with E-state index in [-0.39, 0.29) is 18.0 Å². The van der Waals surface area contributed by atoms with Gasteiger partial charge in [-0.2, -0.15) is 0 Å². The number of amides is 1. The van der Waals surface area contributed by atoms with Gasteiger partial charge in [0.2, 0.25) is 5.91 Å². The summed E-state index contributed by atoms with van der Waals surface area (Å²) in [6.07, 6.45) is 2.14. The molecule has 5 rings (SSSR count). The standard InChI is InChI=1S/C28H25BrN4O3S/c1-3-25(34)31-20-12-11-19(16-24(20)35-2)33-27(26(32-28(33)37)21-6-4-5-15-30-21)23-14-13-22(36-23)17-7-9-18(29)10-8-17/h4-16,26-27H,3H2,1-2H3,(H,31,34)(H,32,37)/t26-,27-/m1/s1. The van der Waals surface area contributed by atoms with Crippen molar-refractivity contribution in [1.29, 1.82) is 0 Å². The molecule has 4 aromatic rings. The van der Waals surface area contributed by atoms with Crippen LogP contribution in [0.15, 0.2) is 87.9 Å². The molecule has 1 amide bonds. The number of rotatable bonds is 7. The van der Waals surface area contributed by atoms with Gasteiger partial charge in [0, 0.05) is 34.4 Å². The van der Waals surface area contributed by atoms with E-state index in [1.54, 1.807) is 20.2 Å². The number of ether oxygens (including phenoxy) is 1. The Balaban J connectivity index is 1.57. The number of hydrogen-bond acceptors (Lipinski definition) is 5. The zero-order valence-electron chi connectivity index (χ0n) is 20.3. The molecule has 0 saturated carbocycles. The molecule has 0 bridgehead atoms. The first-order chi connectivity index (χ1) is 18.0. The second kappa shape index (κ2) is 10.7. The van der Waals surface area contributed by atoms with Gasteiger partial charge < -0.3 is 24.7 Å². The Bertz CT molecular complexity index is 1430. The lowest BCUT2D eigenvalue weighted by molar-refractivity contribution is -0.115. The number of methoxy groups -OCH3 is 1. The Hall–Kier alpha value is -3.69. The number of anilines is 2. The molecular weight excluding hydrogens is 552 g/mol. The molecule has 2 N–H and O–H groups in total. The summed E-state index contributed by atoms with van der Waals surface area (Å²) < 4.78 is 13.0. The fourth-order valence-electron chi connectivity index (χ4n) is 4.37. The molecule has 37 heavy (non-hydrogen) atoms. The van der Waals surface area contributed by atoms with Crippen LogP contribution in [0, 0.1) is 0 Å². The van der Waals surface area contributed by atoms with Crippen LogP contribution in [-0.2, 0) is 4.79 Å². The van der Waals surface area contributed by atoms with Crippen LogP contribution < -0.4 is 20.3 Å². The van der Waals surface area contributed by atoms with Gasteiger partial charge in [0.1, 0.15) is 23.3 Å². The maximum atomic E-state index is 12.0. The number of aromatic nitrogens is 1. The minimum atomic E-state index is -0.313. The number of hydrogen-bond donors (Lipinski definition) is 2. The first-order valence-electron chi connectivity index (χ1n) is 11.8. The minimum absolute atomic E-state index is 0.0893. The molecule has 0 aliphatic carbocycles. The van der Waals surface area contributed by atoms with Gasteiger partial charge in [0.15, 0.2) is 5.11 Å². The van der Waals surface area contributed by atoms with Crippen LogP contribution in [0.2, 0.25) is 0 Å². The SMILES string of the molecule is CCC(=O)Nc1ccc(N2C(=S)N[C@H](c3ccccn3)[C@H]2c2ccc(-c3ccc(Br)cc3)o2)cc1OC. The Labute approximate surface area is 229 Å². The Kier molecular flexibility index (Phi) is 7.25. The Morgan fingerprint density at radius 2 is 1.97 bits per heavy atom. The van der Waals surface area contributed by atoms with E-state index >= 15 is 0 Å². The predicted molar refractivity (Wildman–Crippen MR) is 152 cm³/mol. The first-order valence-corrected chi connectivity index (χ1v) is 13.0. The third kappa shape index (κ3) is 5.10. The van der Waals surface area contributed by atoms with E-state index in [1.807, 2.05) is 77.7 Å². The lowest BCUT2D eigenvalue weighted by Gasteiger charge is -2.27. The van der Waals surface area contributed by atoms with Crippen molar-refractivity contribution in [3.63, 3.8) is 0 Å². The monoisotopic (exact) mass is 576 g/mol. The highest BCUT2D eigenvalue weighted by molar-refractivity contribution is 9.10. The van der Waals surface area contributed by atoms with E-state index in [4.69, 9.17) is 21.4 Å². The van der Waals surface area contributed by atoms with Gasteiger partial charge in [-0.3, -0.25) is 9.78 Å². The number of carbonyl (C=O) groups is 1. The predicted octanol–water partition coefficient (Wildman–Crippen LogP) is 6.64. The van der Waals surface area contributed by atoms with E-state index in [2.05, 4.69) is 31.5 Å². The summed E-state index contributed by atoms with van der Waals surface area (Å²) in [5, 5.41) is 6.85. The molecule has 1 fully saturated rings. The van der Waals surface area contributed by atoms with Crippen LogP contribution in [0.1, 0.15) is 36.9 Å². The first kappa shape index (κ1) is 25.0. The van der Waals surface area contributed by atoms with E-state index < -0.39 is 0 Å². The molecule has 7 nitrogen and oxygen atoms in total. The van der Waals surface area contributed by atoms with Crippen LogP contribution in [0.25, 0.3) is 11.3 Å². The Morgan fingerprint density at radius 3 is 2.68 bits per heavy atom. The van der Waals surface area contributed by atoms with Crippen molar-refractivity contribution in [1.82, 2.24) is 10.3 Å². The number of nitrogens with one attached hydrogen (secondary N) is 2. The molecule has 9 heteroatoms. The van der Waals surface area contributed by atoms with Crippen LogP contribution in [0.3, 0.4) is 0 Å². The Morgan fingerprint density at radius 1 is 1.16 bits per heavy atom. The van der Waals surface area contributed by atoms with E-state index in [0.29, 0.717) is 23.0 Å². The fraction of sp³-hybridized carbons (Fsp3) is 0.179. The van der Waals surface area contributed by atoms with Crippen molar-refractivity contribution in [3.05, 3.63) is 94.9 Å². The third-order valence-electron chi connectivity index (χ3n) is 6.20. The number of furan rings is 1. The van der Waals surface area contributed by atoms with Crippen molar-refractivity contribution in [2.24, 2.45) is 0 Å². The maximum Gasteiger partial charge on any atom is 0.224 e. The van der Waals surface area contributed by atoms with Crippen molar-refractivity contribution in [2.75, 3.05) is 17.3 Å². The van der Waals surface area contributed by atoms with Gasteiger partial charge >= 0.3 is 0 Å². The summed E-state index contributed by atoms with van der Waals surface area (Å²) in [5.41, 5.74) is 3.22. The quantitative estimate of drug-likeness (QED) is 0.239. The normalized spacial score (nSPS) is 16.9. The average molecular weight is 578 g/mol. The van der Waals surface area contributed by atoms with Gasteiger partial charge in [-0.15, -0.1) is 0 Å². The highest BCUT2D eigenvalue weighted by atomic mass is 79.9. The summed E-state index contributed by atoms with van der Waals surface area (Å²) in [6.45, 7) is 1.80. The molecule has 1 saturated heterocycles. The van der Waals surface area contributed by atoms with Crippen LogP contribution in [0.5, 0.6) is 5.75 Å². The third-order valence-corrected chi connectivity index (χ3v) is 7.05. The lowest BCUT2D eigenvalue weighted by atomic mass is 10.0. The molecule has 2 aromatic heterocycles. The fourth-order valence-corrected chi connectivity index (χ4v) is 4.98. The zero-order valence-corrected chi connectivity index (χ0v) is 22.7. The summed E-state index contributed by atoms with van der Waals surface area (Å²) in [4.78, 5) is 18.6. The number of halogens is 1. The van der Waals surface area contributed by atoms with Crippen molar-refractivity contribution in [2.45, 2.75) is 25.4 Å². The maximum absolute atomic E-state index is 12.0. The molecule has 1 aliphatic heterocycles. The van der Waals surface area contributed by atoms with Gasteiger partial charge in [-0.1, -0.05) is 41.1 Å². The lowest BCUT2D eigenvalue weighted by Crippen LogP contribution is -2.29. The summed E-state index contributed by atoms with van der Waals surface area (Å²) in [6, 6.07) is 22.8. The average Bonchev–Trinajstić information content (AvgIpc) is 3.54. The second-order valence-electron chi connectivity index (χ2n) is 8.49. The molecule has 2 aromatic carbocycles. The number of nitrogens with zero attached hydrogens (tertiary/aromatic N) is 2. The molecule has 0 radical (unpaired) electrons. The summed E-state index contributed by atoms with van der Waals surface area (Å²) in [7, 11) is 1.58. The summed E-state index contributed by atoms with van der Waals surface area (Å²) >= 11 is 9.31. The van der Waals surface area contributed by atoms with Crippen molar-refractivity contribution >= 4 is 50.5 Å². The molecule has 0 spiro atoms. The van der Waals surface area contributed by atoms with Crippen LogP contribution >= 0.6 is 28.1 Å². The summed E-state index contributed by atoms with van der Waals surface area (Å²) in [5.74, 6) is 1.95. The number of benzene rings is 2. The van der Waals surface area contributed by atoms with E-state index in [1.165, 1.54) is 0 Å². The van der Waals surface area contributed by atoms with Crippen LogP contribution in [-0.4, -0.2) is 23.1 Å². The molecule has 188 valence electrons. The largest absolute Gasteiger partial charge is 0.494 e. The highest BCUT2D eigenvalue weighted by Gasteiger charge is 2.42. The highest BCUT2D eigenvalue weighted by Crippen LogP contribution is 2.44. The number of carbonyl (C=O) groups excluding carboxylic acids is 1. The number of pyridine rings is 1. The van der Waals surface area contributed by atoms with E-state index in [0.717, 1.165) is 32.9 Å². The van der Waals surface area contributed by atoms with Crippen molar-refractivity contribution in [3.8, 4) is 17.1 Å². The van der Waals surface area contributed by atoms with Gasteiger partial charge in [0.25, 0.3) is 0 Å². The molecular formula is C28H25BrN4O3S. The number of thiocarbonyl (C=S) groups is 1. The zero-order chi connectivity index (χ0) is 25.9. The molecule has 0 unspecified atom stereocenters. The molecule has 1 aliphatic rings. The van der Waals surface area contributed by atoms with Crippen molar-refractivity contribution < 1.29 is 13.9 Å². The smallest absolute Gasteiger partial charge is 0.224 e. The van der Waals surface area contributed by atoms with E-state index in [9.17, 15) is 4.79 Å². The second-order valence-corrected chi connectivity index (χ2v) is 9.79. The topological polar surface area (TPSA) is 79.6 Å². The molecule has 3 heterocycles. The minimum Gasteiger partial charge on any atom is -0.494 e. The van der Waals surface area contributed by atoms with Gasteiger partial charge in [-0.05, 0) is 60.7 Å². The van der Waals surface area contributed by atoms with Gasteiger partial charge in [0.05, 0.1) is 24.5 Å². The van der Waals surface area contributed by atoms with Gasteiger partial charge in [-0.25, -0.2) is 0 Å².